The molecular formula is C18H16BrN3. The molecule has 4 rings (SSSR count). The number of nitrogens with zero attached hydrogens (tertiary/aromatic N) is 2. The first kappa shape index (κ1) is 13.6. The summed E-state index contributed by atoms with van der Waals surface area (Å²) in [5.41, 5.74) is 10.7. The summed E-state index contributed by atoms with van der Waals surface area (Å²) in [4.78, 5) is 7.19. The Bertz CT molecular complexity index is 846. The molecule has 0 saturated carbocycles. The number of rotatable bonds is 2. The van der Waals surface area contributed by atoms with Gasteiger partial charge in [-0.1, -0.05) is 46.3 Å². The number of fused-ring (bicyclic) bond motifs is 2. The maximum Gasteiger partial charge on any atom is 0.134 e. The fourth-order valence-corrected chi connectivity index (χ4v) is 3.46. The molecule has 0 bridgehead atoms. The Morgan fingerprint density at radius 2 is 1.95 bits per heavy atom. The van der Waals surface area contributed by atoms with Gasteiger partial charge in [0.15, 0.2) is 0 Å². The van der Waals surface area contributed by atoms with Gasteiger partial charge in [-0.15, -0.1) is 0 Å². The normalized spacial score (nSPS) is 13.6. The van der Waals surface area contributed by atoms with E-state index in [2.05, 4.69) is 45.1 Å². The Morgan fingerprint density at radius 3 is 2.77 bits per heavy atom. The number of halogens is 1. The first-order valence-corrected chi connectivity index (χ1v) is 8.18. The topological polar surface area (TPSA) is 42.1 Å². The fraction of sp³-hybridized carbons (Fsp3) is 0.167. The molecule has 1 aliphatic heterocycles. The predicted octanol–water partition coefficient (Wildman–Crippen LogP) is 4.14. The molecule has 0 radical (unpaired) electrons. The summed E-state index contributed by atoms with van der Waals surface area (Å²) in [6.07, 6.45) is 0.965. The Hall–Kier alpha value is -2.07. The highest BCUT2D eigenvalue weighted by molar-refractivity contribution is 9.10. The van der Waals surface area contributed by atoms with Gasteiger partial charge in [-0.2, -0.15) is 0 Å². The molecule has 2 aromatic carbocycles. The molecule has 110 valence electrons. The van der Waals surface area contributed by atoms with Gasteiger partial charge in [0.1, 0.15) is 5.82 Å². The Morgan fingerprint density at radius 1 is 1.14 bits per heavy atom. The number of anilines is 2. The van der Waals surface area contributed by atoms with Gasteiger partial charge in [0.25, 0.3) is 0 Å². The smallest absolute Gasteiger partial charge is 0.134 e. The van der Waals surface area contributed by atoms with Crippen molar-refractivity contribution in [3.8, 4) is 0 Å². The summed E-state index contributed by atoms with van der Waals surface area (Å²) < 4.78 is 1.03. The number of aromatic nitrogens is 1. The van der Waals surface area contributed by atoms with Gasteiger partial charge in [-0.05, 0) is 30.2 Å². The SMILES string of the molecule is Nc1c2c(nc3cc(Br)ccc13)N(Cc1ccccc1)CC2. The highest BCUT2D eigenvalue weighted by Gasteiger charge is 2.24. The van der Waals surface area contributed by atoms with Crippen LogP contribution in [0.4, 0.5) is 11.5 Å². The number of hydrogen-bond donors (Lipinski definition) is 1. The third kappa shape index (κ3) is 2.24. The average molecular weight is 354 g/mol. The lowest BCUT2D eigenvalue weighted by Gasteiger charge is -2.19. The van der Waals surface area contributed by atoms with E-state index in [4.69, 9.17) is 10.7 Å². The summed E-state index contributed by atoms with van der Waals surface area (Å²) in [5.74, 6) is 1.03. The van der Waals surface area contributed by atoms with Gasteiger partial charge >= 0.3 is 0 Å². The van der Waals surface area contributed by atoms with E-state index in [1.165, 1.54) is 11.1 Å². The molecule has 4 heteroatoms. The minimum atomic E-state index is 0.875. The quantitative estimate of drug-likeness (QED) is 0.752. The molecule has 2 heterocycles. The van der Waals surface area contributed by atoms with E-state index < -0.39 is 0 Å². The van der Waals surface area contributed by atoms with Crippen molar-refractivity contribution in [2.24, 2.45) is 0 Å². The maximum atomic E-state index is 6.39. The highest BCUT2D eigenvalue weighted by atomic mass is 79.9. The molecule has 22 heavy (non-hydrogen) atoms. The van der Waals surface area contributed by atoms with Crippen LogP contribution in [-0.4, -0.2) is 11.5 Å². The van der Waals surface area contributed by atoms with Crippen LogP contribution >= 0.6 is 15.9 Å². The zero-order valence-electron chi connectivity index (χ0n) is 12.1. The summed E-state index contributed by atoms with van der Waals surface area (Å²) in [5, 5.41) is 1.04. The zero-order valence-corrected chi connectivity index (χ0v) is 13.7. The standard InChI is InChI=1S/C18H16BrN3/c19-13-6-7-14-16(10-13)21-18-15(17(14)20)8-9-22(18)11-12-4-2-1-3-5-12/h1-7,10H,8-9,11H2,(H2,20,21). The number of nitrogen functional groups attached to an aromatic ring is 1. The number of hydrogen-bond acceptors (Lipinski definition) is 3. The second-order valence-electron chi connectivity index (χ2n) is 5.65. The number of benzene rings is 2. The van der Waals surface area contributed by atoms with Crippen LogP contribution in [0, 0.1) is 0 Å². The van der Waals surface area contributed by atoms with E-state index in [0.717, 1.165) is 46.4 Å². The minimum absolute atomic E-state index is 0.875. The average Bonchev–Trinajstić information content (AvgIpc) is 2.91. The van der Waals surface area contributed by atoms with Crippen molar-refractivity contribution in [3.05, 3.63) is 64.1 Å². The van der Waals surface area contributed by atoms with Crippen molar-refractivity contribution in [2.45, 2.75) is 13.0 Å². The highest BCUT2D eigenvalue weighted by Crippen LogP contribution is 2.36. The van der Waals surface area contributed by atoms with Crippen molar-refractivity contribution in [2.75, 3.05) is 17.2 Å². The van der Waals surface area contributed by atoms with Crippen LogP contribution < -0.4 is 10.6 Å². The summed E-state index contributed by atoms with van der Waals surface area (Å²) >= 11 is 3.51. The molecule has 0 unspecified atom stereocenters. The summed E-state index contributed by atoms with van der Waals surface area (Å²) in [6, 6.07) is 16.6. The van der Waals surface area contributed by atoms with Crippen molar-refractivity contribution in [3.63, 3.8) is 0 Å². The first-order chi connectivity index (χ1) is 10.7. The first-order valence-electron chi connectivity index (χ1n) is 7.39. The zero-order chi connectivity index (χ0) is 15.1. The molecule has 0 saturated heterocycles. The Labute approximate surface area is 137 Å². The molecule has 1 aromatic heterocycles. The molecule has 0 amide bonds. The van der Waals surface area contributed by atoms with Crippen molar-refractivity contribution >= 4 is 38.3 Å². The molecular weight excluding hydrogens is 338 g/mol. The third-order valence-corrected chi connectivity index (χ3v) is 4.71. The summed E-state index contributed by atoms with van der Waals surface area (Å²) in [7, 11) is 0. The molecule has 0 spiro atoms. The largest absolute Gasteiger partial charge is 0.398 e. The van der Waals surface area contributed by atoms with Crippen molar-refractivity contribution in [1.82, 2.24) is 4.98 Å². The molecule has 3 nitrogen and oxygen atoms in total. The van der Waals surface area contributed by atoms with Crippen LogP contribution in [0.3, 0.4) is 0 Å². The van der Waals surface area contributed by atoms with Crippen LogP contribution in [-0.2, 0) is 13.0 Å². The van der Waals surface area contributed by atoms with Crippen LogP contribution in [0.25, 0.3) is 10.9 Å². The predicted molar refractivity (Wildman–Crippen MR) is 95.1 cm³/mol. The van der Waals surface area contributed by atoms with Crippen LogP contribution in [0.2, 0.25) is 0 Å². The second-order valence-corrected chi connectivity index (χ2v) is 6.56. The van der Waals surface area contributed by atoms with E-state index >= 15 is 0 Å². The van der Waals surface area contributed by atoms with E-state index in [0.29, 0.717) is 0 Å². The lowest BCUT2D eigenvalue weighted by molar-refractivity contribution is 0.827. The van der Waals surface area contributed by atoms with Gasteiger partial charge in [0.2, 0.25) is 0 Å². The van der Waals surface area contributed by atoms with Gasteiger partial charge in [-0.25, -0.2) is 4.98 Å². The lowest BCUT2D eigenvalue weighted by atomic mass is 10.1. The van der Waals surface area contributed by atoms with Crippen molar-refractivity contribution < 1.29 is 0 Å². The fourth-order valence-electron chi connectivity index (χ4n) is 3.11. The number of nitrogens with two attached hydrogens (primary N) is 1. The van der Waals surface area contributed by atoms with Crippen molar-refractivity contribution in [1.29, 1.82) is 0 Å². The Balaban J connectivity index is 1.79. The molecule has 0 aliphatic carbocycles. The third-order valence-electron chi connectivity index (χ3n) is 4.22. The minimum Gasteiger partial charge on any atom is -0.398 e. The molecule has 0 fully saturated rings. The van der Waals surface area contributed by atoms with E-state index in [-0.39, 0.29) is 0 Å². The molecule has 1 aliphatic rings. The van der Waals surface area contributed by atoms with Gasteiger partial charge in [-0.3, -0.25) is 0 Å². The van der Waals surface area contributed by atoms with Crippen LogP contribution in [0.5, 0.6) is 0 Å². The second kappa shape index (κ2) is 5.29. The van der Waals surface area contributed by atoms with Crippen LogP contribution in [0.1, 0.15) is 11.1 Å². The van der Waals surface area contributed by atoms with E-state index in [9.17, 15) is 0 Å². The molecule has 3 aromatic rings. The van der Waals surface area contributed by atoms with E-state index in [1.54, 1.807) is 0 Å². The van der Waals surface area contributed by atoms with Gasteiger partial charge in [0.05, 0.1) is 5.52 Å². The maximum absolute atomic E-state index is 6.39. The monoisotopic (exact) mass is 353 g/mol. The number of pyridine rings is 1. The van der Waals surface area contributed by atoms with Crippen LogP contribution in [0.15, 0.2) is 53.0 Å². The summed E-state index contributed by atoms with van der Waals surface area (Å²) in [6.45, 7) is 1.85. The van der Waals surface area contributed by atoms with Gasteiger partial charge < -0.3 is 10.6 Å². The van der Waals surface area contributed by atoms with Gasteiger partial charge in [0, 0.05) is 34.2 Å². The molecule has 2 N–H and O–H groups in total. The van der Waals surface area contributed by atoms with E-state index in [1.807, 2.05) is 24.3 Å². The lowest BCUT2D eigenvalue weighted by Crippen LogP contribution is -2.20. The molecule has 0 atom stereocenters. The Kier molecular flexibility index (Phi) is 3.26.